The highest BCUT2D eigenvalue weighted by atomic mass is 16.2. The van der Waals surface area contributed by atoms with E-state index in [1.54, 1.807) is 0 Å². The molecule has 0 bridgehead atoms. The van der Waals surface area contributed by atoms with Gasteiger partial charge in [-0.15, -0.1) is 0 Å². The minimum Gasteiger partial charge on any atom is -0.269 e. The number of nitrogens with zero attached hydrogens (tertiary/aromatic N) is 1. The molecule has 82 valence electrons. The van der Waals surface area contributed by atoms with Crippen molar-refractivity contribution in [3.63, 3.8) is 0 Å². The van der Waals surface area contributed by atoms with Crippen LogP contribution in [0.25, 0.3) is 0 Å². The van der Waals surface area contributed by atoms with E-state index >= 15 is 0 Å². The fourth-order valence-corrected chi connectivity index (χ4v) is 2.45. The Morgan fingerprint density at radius 2 is 1.53 bits per heavy atom. The molecule has 2 rings (SSSR count). The van der Waals surface area contributed by atoms with E-state index in [2.05, 4.69) is 0 Å². The lowest BCUT2D eigenvalue weighted by Crippen LogP contribution is -2.36. The largest absolute Gasteiger partial charge is 0.331 e. The molecule has 1 N–H and O–H groups in total. The molecule has 2 aliphatic rings. The summed E-state index contributed by atoms with van der Waals surface area (Å²) in [5.74, 6) is -1.55. The molecule has 1 saturated carbocycles. The van der Waals surface area contributed by atoms with Crippen molar-refractivity contribution in [1.82, 2.24) is 10.2 Å². The number of imide groups is 2. The molecular weight excluding hydrogens is 196 g/mol. The summed E-state index contributed by atoms with van der Waals surface area (Å²) in [5, 5.41) is 2.01. The summed E-state index contributed by atoms with van der Waals surface area (Å²) in [6.45, 7) is 7.95. The van der Waals surface area contributed by atoms with E-state index in [4.69, 9.17) is 0 Å². The van der Waals surface area contributed by atoms with Crippen molar-refractivity contribution in [3.05, 3.63) is 0 Å². The topological polar surface area (TPSA) is 66.5 Å². The minimum atomic E-state index is -0.821. The molecule has 0 aromatic heterocycles. The van der Waals surface area contributed by atoms with Crippen LogP contribution in [0.15, 0.2) is 0 Å². The minimum absolute atomic E-state index is 0.134. The second-order valence-electron chi connectivity index (χ2n) is 5.28. The summed E-state index contributed by atoms with van der Waals surface area (Å²) in [6, 6.07) is -0.780. The Balaban J connectivity index is 2.32. The van der Waals surface area contributed by atoms with Gasteiger partial charge < -0.3 is 0 Å². The Kier molecular flexibility index (Phi) is 1.62. The van der Waals surface area contributed by atoms with Crippen molar-refractivity contribution < 1.29 is 14.4 Å². The number of nitrogens with one attached hydrogen (secondary N) is 1. The fourth-order valence-electron chi connectivity index (χ4n) is 2.45. The number of carbonyl (C=O) groups is 3. The maximum atomic E-state index is 11.5. The highest BCUT2D eigenvalue weighted by Crippen LogP contribution is 2.65. The van der Waals surface area contributed by atoms with Crippen LogP contribution < -0.4 is 5.32 Å². The number of urea groups is 1. The van der Waals surface area contributed by atoms with Gasteiger partial charge in [-0.2, -0.15) is 0 Å². The summed E-state index contributed by atoms with van der Waals surface area (Å²) in [4.78, 5) is 35.0. The SMILES string of the molecule is CC1(C)C(N2C(=O)NC(=O)C2=O)C1(C)C. The summed E-state index contributed by atoms with van der Waals surface area (Å²) in [7, 11) is 0. The van der Waals surface area contributed by atoms with Crippen LogP contribution in [0.2, 0.25) is 0 Å². The van der Waals surface area contributed by atoms with Gasteiger partial charge in [0.25, 0.3) is 0 Å². The van der Waals surface area contributed by atoms with Crippen LogP contribution in [0.1, 0.15) is 27.7 Å². The molecule has 4 amide bonds. The van der Waals surface area contributed by atoms with Crippen molar-refractivity contribution >= 4 is 17.8 Å². The monoisotopic (exact) mass is 210 g/mol. The molecule has 1 aliphatic carbocycles. The Bertz CT molecular complexity index is 370. The van der Waals surface area contributed by atoms with Crippen molar-refractivity contribution in [2.24, 2.45) is 10.8 Å². The zero-order chi connectivity index (χ0) is 11.6. The predicted molar refractivity (Wildman–Crippen MR) is 51.7 cm³/mol. The van der Waals surface area contributed by atoms with Gasteiger partial charge in [0.1, 0.15) is 0 Å². The summed E-state index contributed by atoms with van der Waals surface area (Å²) in [5.41, 5.74) is -0.269. The van der Waals surface area contributed by atoms with Crippen LogP contribution in [0.3, 0.4) is 0 Å². The Morgan fingerprint density at radius 1 is 1.07 bits per heavy atom. The van der Waals surface area contributed by atoms with E-state index in [1.165, 1.54) is 0 Å². The molecule has 1 saturated heterocycles. The number of rotatable bonds is 1. The van der Waals surface area contributed by atoms with Crippen LogP contribution >= 0.6 is 0 Å². The third-order valence-electron chi connectivity index (χ3n) is 4.06. The zero-order valence-electron chi connectivity index (χ0n) is 9.25. The van der Waals surface area contributed by atoms with Gasteiger partial charge >= 0.3 is 17.8 Å². The van der Waals surface area contributed by atoms with Gasteiger partial charge in [0.2, 0.25) is 0 Å². The molecule has 5 heteroatoms. The lowest BCUT2D eigenvalue weighted by Gasteiger charge is -2.13. The van der Waals surface area contributed by atoms with Crippen LogP contribution in [-0.2, 0) is 9.59 Å². The van der Waals surface area contributed by atoms with E-state index in [0.29, 0.717) is 0 Å². The molecule has 0 unspecified atom stereocenters. The number of hydrogen-bond acceptors (Lipinski definition) is 3. The lowest BCUT2D eigenvalue weighted by molar-refractivity contribution is -0.140. The summed E-state index contributed by atoms with van der Waals surface area (Å²) >= 11 is 0. The average molecular weight is 210 g/mol. The van der Waals surface area contributed by atoms with E-state index in [-0.39, 0.29) is 16.9 Å². The maximum Gasteiger partial charge on any atom is 0.331 e. The second kappa shape index (κ2) is 2.40. The summed E-state index contributed by atoms with van der Waals surface area (Å²) in [6.07, 6.45) is 0. The van der Waals surface area contributed by atoms with E-state index in [0.717, 1.165) is 4.90 Å². The first kappa shape index (κ1) is 10.1. The first-order valence-electron chi connectivity index (χ1n) is 4.90. The predicted octanol–water partition coefficient (Wildman–Crippen LogP) is 0.499. The molecule has 1 aliphatic heterocycles. The average Bonchev–Trinajstić information content (AvgIpc) is 2.31. The van der Waals surface area contributed by atoms with Gasteiger partial charge in [0.15, 0.2) is 0 Å². The molecule has 0 radical (unpaired) electrons. The lowest BCUT2D eigenvalue weighted by atomic mass is 10.0. The van der Waals surface area contributed by atoms with Gasteiger partial charge in [0, 0.05) is 0 Å². The normalized spacial score (nSPS) is 28.3. The van der Waals surface area contributed by atoms with Gasteiger partial charge in [0.05, 0.1) is 6.04 Å². The molecule has 5 nitrogen and oxygen atoms in total. The van der Waals surface area contributed by atoms with Crippen LogP contribution in [-0.4, -0.2) is 28.8 Å². The van der Waals surface area contributed by atoms with Crippen molar-refractivity contribution in [1.29, 1.82) is 0 Å². The van der Waals surface area contributed by atoms with Crippen molar-refractivity contribution in [2.45, 2.75) is 33.7 Å². The third kappa shape index (κ3) is 1.00. The quantitative estimate of drug-likeness (QED) is 0.506. The highest BCUT2D eigenvalue weighted by Gasteiger charge is 2.70. The van der Waals surface area contributed by atoms with Gasteiger partial charge in [-0.05, 0) is 10.8 Å². The van der Waals surface area contributed by atoms with E-state index < -0.39 is 17.8 Å². The Labute approximate surface area is 87.8 Å². The number of hydrogen-bond donors (Lipinski definition) is 1. The van der Waals surface area contributed by atoms with Crippen LogP contribution in [0.5, 0.6) is 0 Å². The molecule has 0 atom stereocenters. The third-order valence-corrected chi connectivity index (χ3v) is 4.06. The molecule has 1 heterocycles. The Hall–Kier alpha value is -1.39. The number of carbonyl (C=O) groups excluding carboxylic acids is 3. The van der Waals surface area contributed by atoms with Crippen molar-refractivity contribution in [3.8, 4) is 0 Å². The number of amides is 4. The Morgan fingerprint density at radius 3 is 1.80 bits per heavy atom. The maximum absolute atomic E-state index is 11.5. The fraction of sp³-hybridized carbons (Fsp3) is 0.700. The molecular formula is C10H14N2O3. The zero-order valence-corrected chi connectivity index (χ0v) is 9.25. The van der Waals surface area contributed by atoms with Crippen LogP contribution in [0, 0.1) is 10.8 Å². The van der Waals surface area contributed by atoms with Gasteiger partial charge in [-0.3, -0.25) is 19.8 Å². The van der Waals surface area contributed by atoms with Crippen molar-refractivity contribution in [2.75, 3.05) is 0 Å². The molecule has 0 aromatic rings. The molecule has 2 fully saturated rings. The van der Waals surface area contributed by atoms with Gasteiger partial charge in [-0.25, -0.2) is 4.79 Å². The smallest absolute Gasteiger partial charge is 0.269 e. The van der Waals surface area contributed by atoms with E-state index in [9.17, 15) is 14.4 Å². The first-order valence-corrected chi connectivity index (χ1v) is 4.90. The molecule has 15 heavy (non-hydrogen) atoms. The summed E-state index contributed by atoms with van der Waals surface area (Å²) < 4.78 is 0. The molecule has 0 spiro atoms. The first-order chi connectivity index (χ1) is 6.71. The van der Waals surface area contributed by atoms with Crippen LogP contribution in [0.4, 0.5) is 4.79 Å². The highest BCUT2D eigenvalue weighted by molar-refractivity contribution is 6.45. The van der Waals surface area contributed by atoms with Gasteiger partial charge in [-0.1, -0.05) is 27.7 Å². The second-order valence-corrected chi connectivity index (χ2v) is 5.28. The van der Waals surface area contributed by atoms with E-state index in [1.807, 2.05) is 33.0 Å². The molecule has 0 aromatic carbocycles. The standard InChI is InChI=1S/C10H14N2O3/c1-9(2)7(10(9,3)4)12-6(14)5(13)11-8(12)15/h7H,1-4H3,(H,11,13,15).